The van der Waals surface area contributed by atoms with Crippen LogP contribution in [0.5, 0.6) is 0 Å². The SMILES string of the molecule is C=CCNc1nccn2nccc12. The van der Waals surface area contributed by atoms with Crippen LogP contribution in [0, 0.1) is 0 Å². The van der Waals surface area contributed by atoms with Gasteiger partial charge in [-0.15, -0.1) is 6.58 Å². The number of nitrogens with zero attached hydrogens (tertiary/aromatic N) is 3. The summed E-state index contributed by atoms with van der Waals surface area (Å²) in [5, 5.41) is 7.23. The molecule has 4 heteroatoms. The average molecular weight is 174 g/mol. The molecule has 2 aromatic heterocycles. The minimum absolute atomic E-state index is 0.706. The van der Waals surface area contributed by atoms with E-state index in [4.69, 9.17) is 0 Å². The summed E-state index contributed by atoms with van der Waals surface area (Å²) in [6, 6.07) is 1.92. The Labute approximate surface area is 75.9 Å². The fraction of sp³-hybridized carbons (Fsp3) is 0.111. The maximum Gasteiger partial charge on any atom is 0.152 e. The first-order valence-electron chi connectivity index (χ1n) is 4.05. The lowest BCUT2D eigenvalue weighted by atomic mass is 10.4. The van der Waals surface area contributed by atoms with Crippen LogP contribution >= 0.6 is 0 Å². The maximum atomic E-state index is 4.20. The molecule has 2 heterocycles. The van der Waals surface area contributed by atoms with Crippen molar-refractivity contribution >= 4 is 11.3 Å². The highest BCUT2D eigenvalue weighted by Crippen LogP contribution is 2.11. The van der Waals surface area contributed by atoms with Gasteiger partial charge in [-0.1, -0.05) is 6.08 Å². The molecular weight excluding hydrogens is 164 g/mol. The molecular formula is C9H10N4. The molecule has 13 heavy (non-hydrogen) atoms. The third-order valence-corrected chi connectivity index (χ3v) is 1.74. The molecule has 0 aliphatic carbocycles. The standard InChI is InChI=1S/C9H10N4/c1-2-4-10-9-8-3-5-12-13(8)7-6-11-9/h2-3,5-7H,1,4H2,(H,10,11). The Hall–Kier alpha value is -1.84. The van der Waals surface area contributed by atoms with Gasteiger partial charge in [-0.2, -0.15) is 5.10 Å². The average Bonchev–Trinajstić information content (AvgIpc) is 2.62. The molecule has 1 N–H and O–H groups in total. The second kappa shape index (κ2) is 3.26. The van der Waals surface area contributed by atoms with Gasteiger partial charge in [0.15, 0.2) is 5.82 Å². The van der Waals surface area contributed by atoms with E-state index >= 15 is 0 Å². The quantitative estimate of drug-likeness (QED) is 0.714. The molecule has 2 aromatic rings. The molecule has 0 bridgehead atoms. The minimum Gasteiger partial charge on any atom is -0.365 e. The summed E-state index contributed by atoms with van der Waals surface area (Å²) in [4.78, 5) is 4.20. The molecule has 0 aliphatic heterocycles. The summed E-state index contributed by atoms with van der Waals surface area (Å²) >= 11 is 0. The van der Waals surface area contributed by atoms with Gasteiger partial charge in [0.05, 0.1) is 6.20 Å². The van der Waals surface area contributed by atoms with Crippen LogP contribution < -0.4 is 5.32 Å². The lowest BCUT2D eigenvalue weighted by Gasteiger charge is -2.02. The predicted molar refractivity (Wildman–Crippen MR) is 51.7 cm³/mol. The number of fused-ring (bicyclic) bond motifs is 1. The van der Waals surface area contributed by atoms with Crippen LogP contribution in [0.15, 0.2) is 37.3 Å². The van der Waals surface area contributed by atoms with Crippen LogP contribution in [0.1, 0.15) is 0 Å². The van der Waals surface area contributed by atoms with Crippen molar-refractivity contribution in [2.45, 2.75) is 0 Å². The minimum atomic E-state index is 0.706. The first-order chi connectivity index (χ1) is 6.42. The second-order valence-electron chi connectivity index (χ2n) is 2.61. The number of anilines is 1. The molecule has 0 fully saturated rings. The summed E-state index contributed by atoms with van der Waals surface area (Å²) in [5.74, 6) is 0.833. The van der Waals surface area contributed by atoms with E-state index < -0.39 is 0 Å². The van der Waals surface area contributed by atoms with Crippen molar-refractivity contribution in [3.8, 4) is 0 Å². The summed E-state index contributed by atoms with van der Waals surface area (Å²) in [5.41, 5.74) is 0.976. The summed E-state index contributed by atoms with van der Waals surface area (Å²) in [6.45, 7) is 4.34. The smallest absolute Gasteiger partial charge is 0.152 e. The first kappa shape index (κ1) is 7.79. The summed E-state index contributed by atoms with van der Waals surface area (Å²) in [6.07, 6.45) is 7.07. The molecule has 0 atom stereocenters. The summed E-state index contributed by atoms with van der Waals surface area (Å²) in [7, 11) is 0. The van der Waals surface area contributed by atoms with Crippen LogP contribution in [0.3, 0.4) is 0 Å². The van der Waals surface area contributed by atoms with Crippen molar-refractivity contribution in [1.82, 2.24) is 14.6 Å². The van der Waals surface area contributed by atoms with E-state index in [9.17, 15) is 0 Å². The first-order valence-corrected chi connectivity index (χ1v) is 4.05. The summed E-state index contributed by atoms with van der Waals surface area (Å²) < 4.78 is 1.78. The van der Waals surface area contributed by atoms with E-state index in [2.05, 4.69) is 22.0 Å². The van der Waals surface area contributed by atoms with Gasteiger partial charge < -0.3 is 5.32 Å². The number of hydrogen-bond donors (Lipinski definition) is 1. The Morgan fingerprint density at radius 3 is 3.31 bits per heavy atom. The van der Waals surface area contributed by atoms with Crippen molar-refractivity contribution in [3.05, 3.63) is 37.3 Å². The van der Waals surface area contributed by atoms with Gasteiger partial charge in [0, 0.05) is 18.9 Å². The van der Waals surface area contributed by atoms with Crippen molar-refractivity contribution in [1.29, 1.82) is 0 Å². The number of nitrogens with one attached hydrogen (secondary N) is 1. The highest BCUT2D eigenvalue weighted by molar-refractivity contribution is 5.66. The van der Waals surface area contributed by atoms with Gasteiger partial charge in [0.2, 0.25) is 0 Å². The van der Waals surface area contributed by atoms with Crippen LogP contribution in [-0.2, 0) is 0 Å². The monoisotopic (exact) mass is 174 g/mol. The zero-order valence-electron chi connectivity index (χ0n) is 7.14. The number of rotatable bonds is 3. The molecule has 0 unspecified atom stereocenters. The molecule has 0 aromatic carbocycles. The van der Waals surface area contributed by atoms with E-state index in [0.717, 1.165) is 11.3 Å². The van der Waals surface area contributed by atoms with Crippen molar-refractivity contribution in [2.24, 2.45) is 0 Å². The topological polar surface area (TPSA) is 42.2 Å². The van der Waals surface area contributed by atoms with Crippen molar-refractivity contribution < 1.29 is 0 Å². The van der Waals surface area contributed by atoms with Gasteiger partial charge >= 0.3 is 0 Å². The fourth-order valence-electron chi connectivity index (χ4n) is 1.16. The zero-order valence-corrected chi connectivity index (χ0v) is 7.14. The van der Waals surface area contributed by atoms with Crippen LogP contribution in [0.4, 0.5) is 5.82 Å². The highest BCUT2D eigenvalue weighted by Gasteiger charge is 1.99. The molecule has 0 saturated carbocycles. The molecule has 0 aliphatic rings. The third-order valence-electron chi connectivity index (χ3n) is 1.74. The van der Waals surface area contributed by atoms with Crippen molar-refractivity contribution in [2.75, 3.05) is 11.9 Å². The van der Waals surface area contributed by atoms with Gasteiger partial charge in [0.1, 0.15) is 5.52 Å². The Balaban J connectivity index is 2.42. The Kier molecular flexibility index (Phi) is 1.96. The zero-order chi connectivity index (χ0) is 9.10. The molecule has 0 radical (unpaired) electrons. The molecule has 0 spiro atoms. The Morgan fingerprint density at radius 2 is 2.46 bits per heavy atom. The highest BCUT2D eigenvalue weighted by atomic mass is 15.2. The lowest BCUT2D eigenvalue weighted by Crippen LogP contribution is -2.02. The largest absolute Gasteiger partial charge is 0.365 e. The Bertz CT molecular complexity index is 418. The van der Waals surface area contributed by atoms with Gasteiger partial charge in [-0.25, -0.2) is 9.50 Å². The molecule has 0 saturated heterocycles. The normalized spacial score (nSPS) is 10.2. The predicted octanol–water partition coefficient (Wildman–Crippen LogP) is 1.33. The van der Waals surface area contributed by atoms with Gasteiger partial charge in [-0.3, -0.25) is 0 Å². The molecule has 2 rings (SSSR count). The van der Waals surface area contributed by atoms with Gasteiger partial charge in [0.25, 0.3) is 0 Å². The van der Waals surface area contributed by atoms with Crippen LogP contribution in [-0.4, -0.2) is 21.1 Å². The Morgan fingerprint density at radius 1 is 1.54 bits per heavy atom. The van der Waals surface area contributed by atoms with Crippen LogP contribution in [0.2, 0.25) is 0 Å². The van der Waals surface area contributed by atoms with E-state index in [-0.39, 0.29) is 0 Å². The molecule has 0 amide bonds. The van der Waals surface area contributed by atoms with Gasteiger partial charge in [-0.05, 0) is 6.07 Å². The molecule has 66 valence electrons. The number of aromatic nitrogens is 3. The maximum absolute atomic E-state index is 4.20. The van der Waals surface area contributed by atoms with Crippen LogP contribution in [0.25, 0.3) is 5.52 Å². The third kappa shape index (κ3) is 1.38. The second-order valence-corrected chi connectivity index (χ2v) is 2.61. The molecule has 4 nitrogen and oxygen atoms in total. The fourth-order valence-corrected chi connectivity index (χ4v) is 1.16. The number of hydrogen-bond acceptors (Lipinski definition) is 3. The lowest BCUT2D eigenvalue weighted by molar-refractivity contribution is 0.945. The van der Waals surface area contributed by atoms with E-state index in [0.29, 0.717) is 6.54 Å². The van der Waals surface area contributed by atoms with E-state index in [1.807, 2.05) is 12.3 Å². The van der Waals surface area contributed by atoms with E-state index in [1.165, 1.54) is 0 Å². The van der Waals surface area contributed by atoms with Crippen molar-refractivity contribution in [3.63, 3.8) is 0 Å². The van der Waals surface area contributed by atoms with E-state index in [1.54, 1.807) is 23.0 Å².